The lowest BCUT2D eigenvalue weighted by molar-refractivity contribution is -0.139. The van der Waals surface area contributed by atoms with Crippen LogP contribution in [0.25, 0.3) is 0 Å². The average Bonchev–Trinajstić information content (AvgIpc) is 2.91. The van der Waals surface area contributed by atoms with E-state index in [1.165, 1.54) is 11.1 Å². The summed E-state index contributed by atoms with van der Waals surface area (Å²) in [6.07, 6.45) is 3.25. The first-order valence-electron chi connectivity index (χ1n) is 7.27. The van der Waals surface area contributed by atoms with E-state index in [4.69, 9.17) is 0 Å². The van der Waals surface area contributed by atoms with Crippen LogP contribution in [0.2, 0.25) is 0 Å². The number of hydrogen-bond acceptors (Lipinski definition) is 4. The molecule has 1 aliphatic heterocycles. The lowest BCUT2D eigenvalue weighted by Gasteiger charge is -2.30. The minimum Gasteiger partial charge on any atom is -0.294 e. The number of ketones is 1. The molecule has 110 valence electrons. The van der Waals surface area contributed by atoms with Crippen LogP contribution in [0.4, 0.5) is 0 Å². The predicted molar refractivity (Wildman–Crippen MR) is 77.0 cm³/mol. The van der Waals surface area contributed by atoms with Crippen molar-refractivity contribution in [3.05, 3.63) is 34.9 Å². The summed E-state index contributed by atoms with van der Waals surface area (Å²) in [5.41, 5.74) is 3.25. The summed E-state index contributed by atoms with van der Waals surface area (Å²) in [5, 5.41) is 2.28. The summed E-state index contributed by atoms with van der Waals surface area (Å²) < 4.78 is 0. The van der Waals surface area contributed by atoms with Gasteiger partial charge in [0.05, 0.1) is 19.1 Å². The number of fused-ring (bicyclic) bond motifs is 1. The van der Waals surface area contributed by atoms with Crippen molar-refractivity contribution in [1.29, 1.82) is 0 Å². The molecule has 2 amide bonds. The van der Waals surface area contributed by atoms with Gasteiger partial charge in [0.25, 0.3) is 0 Å². The number of Topliss-reactive ketones (excluding diaryl/α,β-unsaturated/α-hetero) is 1. The van der Waals surface area contributed by atoms with E-state index in [1.807, 2.05) is 18.2 Å². The Hall–Kier alpha value is -2.01. The summed E-state index contributed by atoms with van der Waals surface area (Å²) >= 11 is 0. The number of benzene rings is 1. The highest BCUT2D eigenvalue weighted by Gasteiger charge is 2.31. The molecule has 0 saturated carbocycles. The standard InChI is InChI=1S/C16H18N2O3/c1-10-16(21)17-15(20)9-18(10)8-14(19)13-6-5-11-3-2-4-12(11)7-13/h5-7,10H,2-4,8-9H2,1H3,(H,17,20,21). The van der Waals surface area contributed by atoms with Crippen LogP contribution in [0.1, 0.15) is 34.8 Å². The second-order valence-electron chi connectivity index (χ2n) is 5.75. The molecule has 21 heavy (non-hydrogen) atoms. The predicted octanol–water partition coefficient (Wildman–Crippen LogP) is 0.705. The molecule has 1 unspecified atom stereocenters. The molecule has 5 nitrogen and oxygen atoms in total. The van der Waals surface area contributed by atoms with Gasteiger partial charge in [-0.05, 0) is 43.4 Å². The minimum atomic E-state index is -0.457. The Bertz CT molecular complexity index is 624. The smallest absolute Gasteiger partial charge is 0.243 e. The number of carbonyl (C=O) groups excluding carboxylic acids is 3. The summed E-state index contributed by atoms with van der Waals surface area (Å²) in [6.45, 7) is 1.89. The van der Waals surface area contributed by atoms with Gasteiger partial charge in [-0.2, -0.15) is 0 Å². The molecule has 0 bridgehead atoms. The maximum absolute atomic E-state index is 12.4. The quantitative estimate of drug-likeness (QED) is 0.656. The van der Waals surface area contributed by atoms with Crippen molar-refractivity contribution >= 4 is 17.6 Å². The van der Waals surface area contributed by atoms with Crippen molar-refractivity contribution in [3.63, 3.8) is 0 Å². The van der Waals surface area contributed by atoms with E-state index in [0.29, 0.717) is 5.56 Å². The second-order valence-corrected chi connectivity index (χ2v) is 5.75. The number of rotatable bonds is 3. The zero-order valence-corrected chi connectivity index (χ0v) is 12.0. The van der Waals surface area contributed by atoms with Crippen molar-refractivity contribution < 1.29 is 14.4 Å². The number of hydrogen-bond donors (Lipinski definition) is 1. The molecule has 1 N–H and O–H groups in total. The van der Waals surface area contributed by atoms with Gasteiger partial charge in [0.2, 0.25) is 11.8 Å². The van der Waals surface area contributed by atoms with Gasteiger partial charge in [-0.15, -0.1) is 0 Å². The lowest BCUT2D eigenvalue weighted by Crippen LogP contribution is -2.57. The molecule has 1 aliphatic carbocycles. The molecule has 1 saturated heterocycles. The highest BCUT2D eigenvalue weighted by atomic mass is 16.2. The van der Waals surface area contributed by atoms with E-state index in [0.717, 1.165) is 19.3 Å². The summed E-state index contributed by atoms with van der Waals surface area (Å²) in [7, 11) is 0. The number of imide groups is 1. The molecule has 0 spiro atoms. The van der Waals surface area contributed by atoms with Crippen molar-refractivity contribution in [1.82, 2.24) is 10.2 Å². The van der Waals surface area contributed by atoms with Crippen LogP contribution in [-0.2, 0) is 22.4 Å². The summed E-state index contributed by atoms with van der Waals surface area (Å²) in [6, 6.07) is 5.37. The van der Waals surface area contributed by atoms with Crippen molar-refractivity contribution in [3.8, 4) is 0 Å². The number of aryl methyl sites for hydroxylation is 2. The SMILES string of the molecule is CC1C(=O)NC(=O)CN1CC(=O)c1ccc2c(c1)CCC2. The fourth-order valence-electron chi connectivity index (χ4n) is 2.98. The van der Waals surface area contributed by atoms with Gasteiger partial charge in [0.15, 0.2) is 5.78 Å². The topological polar surface area (TPSA) is 66.5 Å². The van der Waals surface area contributed by atoms with Crippen LogP contribution >= 0.6 is 0 Å². The molecular weight excluding hydrogens is 268 g/mol. The third-order valence-electron chi connectivity index (χ3n) is 4.30. The number of piperazine rings is 1. The Balaban J connectivity index is 1.74. The lowest BCUT2D eigenvalue weighted by atomic mass is 10.0. The third kappa shape index (κ3) is 2.74. The minimum absolute atomic E-state index is 0.0425. The monoisotopic (exact) mass is 286 g/mol. The second kappa shape index (κ2) is 5.41. The van der Waals surface area contributed by atoms with Gasteiger partial charge in [-0.3, -0.25) is 24.6 Å². The Morgan fingerprint density at radius 3 is 2.86 bits per heavy atom. The fraction of sp³-hybridized carbons (Fsp3) is 0.438. The van der Waals surface area contributed by atoms with Crippen LogP contribution in [0, 0.1) is 0 Å². The molecule has 1 aromatic rings. The summed E-state index contributed by atoms with van der Waals surface area (Å²) in [5.74, 6) is -0.730. The van der Waals surface area contributed by atoms with Crippen LogP contribution in [-0.4, -0.2) is 41.6 Å². The molecule has 0 aromatic heterocycles. The maximum Gasteiger partial charge on any atom is 0.243 e. The molecule has 0 radical (unpaired) electrons. The highest BCUT2D eigenvalue weighted by Crippen LogP contribution is 2.23. The van der Waals surface area contributed by atoms with Crippen molar-refractivity contribution in [2.75, 3.05) is 13.1 Å². The van der Waals surface area contributed by atoms with E-state index in [1.54, 1.807) is 11.8 Å². The molecule has 5 heteroatoms. The molecule has 3 rings (SSSR count). The largest absolute Gasteiger partial charge is 0.294 e. The van der Waals surface area contributed by atoms with Crippen molar-refractivity contribution in [2.24, 2.45) is 0 Å². The van der Waals surface area contributed by atoms with Gasteiger partial charge < -0.3 is 0 Å². The van der Waals surface area contributed by atoms with Crippen LogP contribution in [0.3, 0.4) is 0 Å². The maximum atomic E-state index is 12.4. The molecular formula is C16H18N2O3. The highest BCUT2D eigenvalue weighted by molar-refractivity contribution is 6.03. The molecule has 1 aromatic carbocycles. The zero-order valence-electron chi connectivity index (χ0n) is 12.0. The average molecular weight is 286 g/mol. The molecule has 1 heterocycles. The third-order valence-corrected chi connectivity index (χ3v) is 4.30. The molecule has 1 fully saturated rings. The Morgan fingerprint density at radius 1 is 1.29 bits per heavy atom. The fourth-order valence-corrected chi connectivity index (χ4v) is 2.98. The first-order chi connectivity index (χ1) is 10.0. The van der Waals surface area contributed by atoms with E-state index in [9.17, 15) is 14.4 Å². The van der Waals surface area contributed by atoms with Crippen molar-refractivity contribution in [2.45, 2.75) is 32.2 Å². The Morgan fingerprint density at radius 2 is 2.05 bits per heavy atom. The normalized spacial score (nSPS) is 22.0. The number of nitrogens with one attached hydrogen (secondary N) is 1. The first kappa shape index (κ1) is 13.9. The number of amides is 2. The van der Waals surface area contributed by atoms with Gasteiger partial charge in [-0.1, -0.05) is 12.1 Å². The zero-order chi connectivity index (χ0) is 15.0. The molecule has 2 aliphatic rings. The van der Waals surface area contributed by atoms with Gasteiger partial charge in [0.1, 0.15) is 0 Å². The number of carbonyl (C=O) groups is 3. The summed E-state index contributed by atoms with van der Waals surface area (Å²) in [4.78, 5) is 37.0. The van der Waals surface area contributed by atoms with Gasteiger partial charge in [-0.25, -0.2) is 0 Å². The molecule has 1 atom stereocenters. The number of nitrogens with zero attached hydrogens (tertiary/aromatic N) is 1. The first-order valence-corrected chi connectivity index (χ1v) is 7.27. The van der Waals surface area contributed by atoms with E-state index < -0.39 is 6.04 Å². The van der Waals surface area contributed by atoms with Crippen LogP contribution in [0.5, 0.6) is 0 Å². The van der Waals surface area contributed by atoms with Gasteiger partial charge >= 0.3 is 0 Å². The van der Waals surface area contributed by atoms with E-state index in [-0.39, 0.29) is 30.7 Å². The van der Waals surface area contributed by atoms with Crippen LogP contribution in [0.15, 0.2) is 18.2 Å². The Labute approximate surface area is 123 Å². The van der Waals surface area contributed by atoms with Gasteiger partial charge in [0, 0.05) is 5.56 Å². The van der Waals surface area contributed by atoms with E-state index >= 15 is 0 Å². The van der Waals surface area contributed by atoms with Crippen LogP contribution < -0.4 is 5.32 Å². The Kier molecular flexibility index (Phi) is 3.59. The van der Waals surface area contributed by atoms with E-state index in [2.05, 4.69) is 5.32 Å².